The lowest BCUT2D eigenvalue weighted by atomic mass is 10.2. The Bertz CT molecular complexity index is 531. The first-order chi connectivity index (χ1) is 10.6. The Kier molecular flexibility index (Phi) is 8.77. The number of ether oxygens (including phenoxy) is 2. The molecule has 1 saturated heterocycles. The van der Waals surface area contributed by atoms with E-state index in [1.807, 2.05) is 0 Å². The van der Waals surface area contributed by atoms with Crippen molar-refractivity contribution in [1.82, 2.24) is 10.2 Å². The zero-order valence-electron chi connectivity index (χ0n) is 12.5. The average Bonchev–Trinajstić information content (AvgIpc) is 3.14. The van der Waals surface area contributed by atoms with Crippen LogP contribution in [-0.2, 0) is 19.1 Å². The molecule has 2 rings (SSSR count). The van der Waals surface area contributed by atoms with Gasteiger partial charge in [-0.2, -0.15) is 0 Å². The molecule has 0 spiro atoms. The largest absolute Gasteiger partial charge is 0.465 e. The molecule has 0 bridgehead atoms. The van der Waals surface area contributed by atoms with Crippen LogP contribution in [0.25, 0.3) is 0 Å². The fourth-order valence-electron chi connectivity index (χ4n) is 1.90. The Hall–Kier alpha value is -0.940. The number of rotatable bonds is 7. The standard InChI is InChI=1S/C12H18N4O4S2.ClH/c1-2-19-9(17)6-21-12-16-15-11(22-12)14-10(18)8-4-3-7(5-13)20-8;/h7-8H,2-6,13H2,1H3,(H,14,15,18);1H/t7-,8+;/m1./s1. The zero-order valence-corrected chi connectivity index (χ0v) is 15.0. The van der Waals surface area contributed by atoms with Gasteiger partial charge < -0.3 is 15.2 Å². The van der Waals surface area contributed by atoms with E-state index in [1.165, 1.54) is 23.1 Å². The van der Waals surface area contributed by atoms with Gasteiger partial charge in [0, 0.05) is 6.54 Å². The summed E-state index contributed by atoms with van der Waals surface area (Å²) in [5.74, 6) is -0.380. The highest BCUT2D eigenvalue weighted by Gasteiger charge is 2.30. The summed E-state index contributed by atoms with van der Waals surface area (Å²) in [7, 11) is 0. The lowest BCUT2D eigenvalue weighted by molar-refractivity contribution is -0.139. The molecular formula is C12H19ClN4O4S2. The molecule has 11 heteroatoms. The van der Waals surface area contributed by atoms with Crippen LogP contribution in [0.4, 0.5) is 5.13 Å². The first-order valence-electron chi connectivity index (χ1n) is 6.90. The third-order valence-electron chi connectivity index (χ3n) is 2.92. The van der Waals surface area contributed by atoms with E-state index in [0.29, 0.717) is 29.0 Å². The summed E-state index contributed by atoms with van der Waals surface area (Å²) >= 11 is 2.43. The summed E-state index contributed by atoms with van der Waals surface area (Å²) in [5.41, 5.74) is 5.51. The van der Waals surface area contributed by atoms with Crippen LogP contribution in [0.1, 0.15) is 19.8 Å². The van der Waals surface area contributed by atoms with E-state index in [0.717, 1.165) is 6.42 Å². The molecule has 1 aliphatic heterocycles. The molecule has 1 amide bonds. The molecule has 0 unspecified atom stereocenters. The van der Waals surface area contributed by atoms with Gasteiger partial charge in [-0.15, -0.1) is 22.6 Å². The lowest BCUT2D eigenvalue weighted by Crippen LogP contribution is -2.29. The van der Waals surface area contributed by atoms with Crippen molar-refractivity contribution in [3.63, 3.8) is 0 Å². The van der Waals surface area contributed by atoms with E-state index in [4.69, 9.17) is 15.2 Å². The minimum atomic E-state index is -0.493. The van der Waals surface area contributed by atoms with Gasteiger partial charge in [-0.3, -0.25) is 14.9 Å². The summed E-state index contributed by atoms with van der Waals surface area (Å²) in [6.07, 6.45) is 0.886. The SMILES string of the molecule is CCOC(=O)CSc1nnc(NC(=O)[C@@H]2CC[C@H](CN)O2)s1.Cl. The van der Waals surface area contributed by atoms with Crippen molar-refractivity contribution >= 4 is 52.5 Å². The van der Waals surface area contributed by atoms with Crippen LogP contribution < -0.4 is 11.1 Å². The summed E-state index contributed by atoms with van der Waals surface area (Å²) in [4.78, 5) is 23.3. The van der Waals surface area contributed by atoms with Gasteiger partial charge in [-0.1, -0.05) is 23.1 Å². The van der Waals surface area contributed by atoms with E-state index in [2.05, 4.69) is 15.5 Å². The molecule has 1 aromatic heterocycles. The van der Waals surface area contributed by atoms with Crippen molar-refractivity contribution < 1.29 is 19.1 Å². The maximum atomic E-state index is 12.0. The Morgan fingerprint density at radius 1 is 1.48 bits per heavy atom. The molecule has 2 heterocycles. The highest BCUT2D eigenvalue weighted by atomic mass is 35.5. The number of esters is 1. The van der Waals surface area contributed by atoms with Crippen molar-refractivity contribution in [2.45, 2.75) is 36.3 Å². The maximum Gasteiger partial charge on any atom is 0.316 e. The number of nitrogens with one attached hydrogen (secondary N) is 1. The second kappa shape index (κ2) is 10.0. The normalized spacial score (nSPS) is 19.9. The van der Waals surface area contributed by atoms with Crippen LogP contribution in [0.15, 0.2) is 4.34 Å². The van der Waals surface area contributed by atoms with Crippen molar-refractivity contribution in [2.24, 2.45) is 5.73 Å². The number of nitrogens with zero attached hydrogens (tertiary/aromatic N) is 2. The molecule has 23 heavy (non-hydrogen) atoms. The lowest BCUT2D eigenvalue weighted by Gasteiger charge is -2.10. The molecule has 3 N–H and O–H groups in total. The van der Waals surface area contributed by atoms with E-state index in [9.17, 15) is 9.59 Å². The van der Waals surface area contributed by atoms with E-state index < -0.39 is 6.10 Å². The number of hydrogen-bond acceptors (Lipinski definition) is 9. The van der Waals surface area contributed by atoms with Crippen molar-refractivity contribution in [3.8, 4) is 0 Å². The first-order valence-corrected chi connectivity index (χ1v) is 8.71. The van der Waals surface area contributed by atoms with Gasteiger partial charge in [0.2, 0.25) is 5.13 Å². The number of hydrogen-bond donors (Lipinski definition) is 2. The number of aromatic nitrogens is 2. The fraction of sp³-hybridized carbons (Fsp3) is 0.667. The number of carbonyl (C=O) groups excluding carboxylic acids is 2. The quantitative estimate of drug-likeness (QED) is 0.408. The van der Waals surface area contributed by atoms with Gasteiger partial charge >= 0.3 is 5.97 Å². The number of anilines is 1. The average molecular weight is 383 g/mol. The van der Waals surface area contributed by atoms with E-state index >= 15 is 0 Å². The predicted molar refractivity (Wildman–Crippen MR) is 90.1 cm³/mol. The molecule has 1 fully saturated rings. The van der Waals surface area contributed by atoms with Crippen molar-refractivity contribution in [2.75, 3.05) is 24.2 Å². The molecule has 1 aliphatic rings. The third-order valence-corrected chi connectivity index (χ3v) is 4.86. The molecule has 0 aromatic carbocycles. The summed E-state index contributed by atoms with van der Waals surface area (Å²) in [5, 5.41) is 10.8. The van der Waals surface area contributed by atoms with Crippen LogP contribution in [0.5, 0.6) is 0 Å². The third kappa shape index (κ3) is 6.22. The maximum absolute atomic E-state index is 12.0. The smallest absolute Gasteiger partial charge is 0.316 e. The summed E-state index contributed by atoms with van der Waals surface area (Å²) in [6.45, 7) is 2.51. The first kappa shape index (κ1) is 20.1. The Balaban J connectivity index is 0.00000264. The summed E-state index contributed by atoms with van der Waals surface area (Å²) < 4.78 is 10.9. The molecule has 0 aliphatic carbocycles. The van der Waals surface area contributed by atoms with Crippen LogP contribution in [0, 0.1) is 0 Å². The second-order valence-corrected chi connectivity index (χ2v) is 6.72. The highest BCUT2D eigenvalue weighted by molar-refractivity contribution is 8.01. The molecule has 8 nitrogen and oxygen atoms in total. The number of carbonyl (C=O) groups is 2. The number of amides is 1. The molecule has 130 valence electrons. The van der Waals surface area contributed by atoms with Gasteiger partial charge in [-0.25, -0.2) is 0 Å². The van der Waals surface area contributed by atoms with E-state index in [1.54, 1.807) is 6.92 Å². The van der Waals surface area contributed by atoms with Crippen molar-refractivity contribution in [1.29, 1.82) is 0 Å². The zero-order chi connectivity index (χ0) is 15.9. The minimum Gasteiger partial charge on any atom is -0.465 e. The minimum absolute atomic E-state index is 0. The van der Waals surface area contributed by atoms with Gasteiger partial charge in [0.05, 0.1) is 18.5 Å². The van der Waals surface area contributed by atoms with Gasteiger partial charge in [0.15, 0.2) is 4.34 Å². The number of nitrogens with two attached hydrogens (primary N) is 1. The van der Waals surface area contributed by atoms with Crippen LogP contribution in [-0.4, -0.2) is 53.2 Å². The monoisotopic (exact) mass is 382 g/mol. The molecule has 0 saturated carbocycles. The van der Waals surface area contributed by atoms with E-state index in [-0.39, 0.29) is 36.1 Å². The van der Waals surface area contributed by atoms with Gasteiger partial charge in [0.1, 0.15) is 6.10 Å². The van der Waals surface area contributed by atoms with Gasteiger partial charge in [0.25, 0.3) is 5.91 Å². The topological polar surface area (TPSA) is 116 Å². The van der Waals surface area contributed by atoms with Crippen molar-refractivity contribution in [3.05, 3.63) is 0 Å². The molecule has 0 radical (unpaired) electrons. The molecule has 2 atom stereocenters. The Morgan fingerprint density at radius 2 is 2.26 bits per heavy atom. The Morgan fingerprint density at radius 3 is 2.91 bits per heavy atom. The number of halogens is 1. The van der Waals surface area contributed by atoms with Crippen LogP contribution in [0.3, 0.4) is 0 Å². The van der Waals surface area contributed by atoms with Gasteiger partial charge in [-0.05, 0) is 19.8 Å². The van der Waals surface area contributed by atoms with Crippen LogP contribution in [0.2, 0.25) is 0 Å². The molecular weight excluding hydrogens is 364 g/mol. The number of thioether (sulfide) groups is 1. The van der Waals surface area contributed by atoms with Crippen LogP contribution >= 0.6 is 35.5 Å². The fourth-order valence-corrected chi connectivity index (χ4v) is 3.45. The molecule has 1 aromatic rings. The second-order valence-electron chi connectivity index (χ2n) is 4.52. The predicted octanol–water partition coefficient (Wildman–Crippen LogP) is 1.06. The highest BCUT2D eigenvalue weighted by Crippen LogP contribution is 2.26. The Labute approximate surface area is 148 Å². The summed E-state index contributed by atoms with van der Waals surface area (Å²) in [6, 6.07) is 0.